The highest BCUT2D eigenvalue weighted by molar-refractivity contribution is 5.69. The molecule has 202 valence electrons. The average molecular weight is 495 g/mol. The molecule has 0 aromatic rings. The Morgan fingerprint density at radius 1 is 0.500 bits per heavy atom. The molecule has 0 rings (SSSR count). The molecule has 0 saturated carbocycles. The van der Waals surface area contributed by atoms with Crippen molar-refractivity contribution in [2.24, 2.45) is 0 Å². The van der Waals surface area contributed by atoms with Crippen LogP contribution in [0.3, 0.4) is 0 Å². The van der Waals surface area contributed by atoms with Gasteiger partial charge in [-0.1, -0.05) is 39.0 Å². The maximum absolute atomic E-state index is 11.6. The quantitative estimate of drug-likeness (QED) is 0.128. The predicted octanol–water partition coefficient (Wildman–Crippen LogP) is 2.85. The van der Waals surface area contributed by atoms with Gasteiger partial charge in [-0.25, -0.2) is 0 Å². The van der Waals surface area contributed by atoms with Gasteiger partial charge in [-0.3, -0.25) is 9.59 Å². The Balaban J connectivity index is 3.11. The first-order valence-corrected chi connectivity index (χ1v) is 12.5. The second-order valence-electron chi connectivity index (χ2n) is 7.56. The van der Waals surface area contributed by atoms with Crippen LogP contribution in [-0.4, -0.2) is 103 Å². The van der Waals surface area contributed by atoms with E-state index in [9.17, 15) is 9.59 Å². The normalized spacial score (nSPS) is 11.1. The van der Waals surface area contributed by atoms with Gasteiger partial charge in [-0.15, -0.1) is 0 Å². The van der Waals surface area contributed by atoms with E-state index < -0.39 is 5.97 Å². The van der Waals surface area contributed by atoms with Crippen LogP contribution in [0.5, 0.6) is 0 Å². The molecule has 0 heterocycles. The highest BCUT2D eigenvalue weighted by Gasteiger charge is 2.02. The van der Waals surface area contributed by atoms with Gasteiger partial charge in [0, 0.05) is 6.42 Å². The highest BCUT2D eigenvalue weighted by atomic mass is 16.6. The van der Waals surface area contributed by atoms with Gasteiger partial charge < -0.3 is 38.3 Å². The SMILES string of the molecule is CCCCCCCCC(=O)OCCOCCOCCOCCOCCOCCOCCC(=O)O. The molecule has 0 aliphatic heterocycles. The van der Waals surface area contributed by atoms with Gasteiger partial charge in [0.25, 0.3) is 0 Å². The van der Waals surface area contributed by atoms with Crippen LogP contribution >= 0.6 is 0 Å². The number of carboxylic acids is 1. The molecule has 0 saturated heterocycles. The second kappa shape index (κ2) is 27.9. The topological polar surface area (TPSA) is 119 Å². The largest absolute Gasteiger partial charge is 0.481 e. The van der Waals surface area contributed by atoms with Crippen LogP contribution in [0, 0.1) is 0 Å². The van der Waals surface area contributed by atoms with Crippen LogP contribution in [0.4, 0.5) is 0 Å². The fraction of sp³-hybridized carbons (Fsp3) is 0.917. The van der Waals surface area contributed by atoms with Gasteiger partial charge in [0.15, 0.2) is 0 Å². The van der Waals surface area contributed by atoms with Crippen molar-refractivity contribution in [1.82, 2.24) is 0 Å². The van der Waals surface area contributed by atoms with E-state index in [1.807, 2.05) is 0 Å². The molecular weight excluding hydrogens is 448 g/mol. The fourth-order valence-electron chi connectivity index (χ4n) is 2.70. The van der Waals surface area contributed by atoms with Crippen molar-refractivity contribution in [2.75, 3.05) is 85.9 Å². The maximum atomic E-state index is 11.6. The van der Waals surface area contributed by atoms with Crippen LogP contribution in [0.2, 0.25) is 0 Å². The van der Waals surface area contributed by atoms with Crippen LogP contribution < -0.4 is 0 Å². The maximum Gasteiger partial charge on any atom is 0.305 e. The van der Waals surface area contributed by atoms with E-state index in [-0.39, 0.29) is 25.6 Å². The molecule has 10 nitrogen and oxygen atoms in total. The first-order chi connectivity index (χ1) is 16.7. The summed E-state index contributed by atoms with van der Waals surface area (Å²) in [5.74, 6) is -1.02. The summed E-state index contributed by atoms with van der Waals surface area (Å²) in [6, 6.07) is 0. The van der Waals surface area contributed by atoms with Gasteiger partial charge in [-0.05, 0) is 6.42 Å². The lowest BCUT2D eigenvalue weighted by atomic mass is 10.1. The first-order valence-electron chi connectivity index (χ1n) is 12.5. The summed E-state index contributed by atoms with van der Waals surface area (Å²) in [5, 5.41) is 8.45. The van der Waals surface area contributed by atoms with E-state index in [1.165, 1.54) is 25.7 Å². The van der Waals surface area contributed by atoms with Crippen LogP contribution in [0.15, 0.2) is 0 Å². The molecule has 0 fully saturated rings. The lowest BCUT2D eigenvalue weighted by Crippen LogP contribution is -2.15. The summed E-state index contributed by atoms with van der Waals surface area (Å²) in [6.45, 7) is 7.53. The van der Waals surface area contributed by atoms with Gasteiger partial charge in [-0.2, -0.15) is 0 Å². The Kier molecular flexibility index (Phi) is 26.9. The predicted molar refractivity (Wildman–Crippen MR) is 126 cm³/mol. The number of esters is 1. The summed E-state index contributed by atoms with van der Waals surface area (Å²) in [4.78, 5) is 21.9. The van der Waals surface area contributed by atoms with Crippen molar-refractivity contribution in [2.45, 2.75) is 58.3 Å². The Morgan fingerprint density at radius 2 is 0.882 bits per heavy atom. The average Bonchev–Trinajstić information content (AvgIpc) is 2.82. The molecule has 0 aromatic carbocycles. The fourth-order valence-corrected chi connectivity index (χ4v) is 2.70. The summed E-state index contributed by atoms with van der Waals surface area (Å²) >= 11 is 0. The molecule has 0 atom stereocenters. The van der Waals surface area contributed by atoms with Crippen LogP contribution in [0.1, 0.15) is 58.3 Å². The van der Waals surface area contributed by atoms with Gasteiger partial charge >= 0.3 is 11.9 Å². The van der Waals surface area contributed by atoms with E-state index in [4.69, 9.17) is 38.3 Å². The van der Waals surface area contributed by atoms with Crippen molar-refractivity contribution in [3.63, 3.8) is 0 Å². The van der Waals surface area contributed by atoms with Crippen LogP contribution in [0.25, 0.3) is 0 Å². The lowest BCUT2D eigenvalue weighted by Gasteiger charge is -2.08. The monoisotopic (exact) mass is 494 g/mol. The van der Waals surface area contributed by atoms with E-state index in [2.05, 4.69) is 6.92 Å². The van der Waals surface area contributed by atoms with Crippen molar-refractivity contribution in [1.29, 1.82) is 0 Å². The van der Waals surface area contributed by atoms with Crippen molar-refractivity contribution >= 4 is 11.9 Å². The van der Waals surface area contributed by atoms with E-state index in [0.29, 0.717) is 79.1 Å². The Labute approximate surface area is 204 Å². The summed E-state index contributed by atoms with van der Waals surface area (Å²) < 4.78 is 37.1. The third-order valence-corrected chi connectivity index (χ3v) is 4.55. The Bertz CT molecular complexity index is 447. The molecular formula is C24H46O10. The molecule has 0 aliphatic carbocycles. The third kappa shape index (κ3) is 28.7. The zero-order chi connectivity index (χ0) is 25.0. The molecule has 0 bridgehead atoms. The van der Waals surface area contributed by atoms with Crippen molar-refractivity contribution in [3.05, 3.63) is 0 Å². The molecule has 0 radical (unpaired) electrons. The number of hydrogen-bond acceptors (Lipinski definition) is 9. The number of carbonyl (C=O) groups is 2. The molecule has 0 aromatic heterocycles. The van der Waals surface area contributed by atoms with Crippen molar-refractivity contribution < 1.29 is 47.9 Å². The van der Waals surface area contributed by atoms with E-state index in [1.54, 1.807) is 0 Å². The smallest absolute Gasteiger partial charge is 0.305 e. The number of unbranched alkanes of at least 4 members (excludes halogenated alkanes) is 5. The van der Waals surface area contributed by atoms with E-state index >= 15 is 0 Å². The Morgan fingerprint density at radius 3 is 1.32 bits per heavy atom. The minimum Gasteiger partial charge on any atom is -0.481 e. The molecule has 1 N–H and O–H groups in total. The minimum atomic E-state index is -0.873. The zero-order valence-electron chi connectivity index (χ0n) is 21.0. The number of rotatable bonds is 28. The van der Waals surface area contributed by atoms with E-state index in [0.717, 1.165) is 12.8 Å². The minimum absolute atomic E-state index is 0.0000296. The molecule has 34 heavy (non-hydrogen) atoms. The third-order valence-electron chi connectivity index (χ3n) is 4.55. The van der Waals surface area contributed by atoms with Crippen LogP contribution in [-0.2, 0) is 42.7 Å². The number of ether oxygens (including phenoxy) is 7. The molecule has 10 heteroatoms. The first kappa shape index (κ1) is 32.7. The molecule has 0 spiro atoms. The summed E-state index contributed by atoms with van der Waals surface area (Å²) in [6.07, 6.45) is 7.41. The number of carbonyl (C=O) groups excluding carboxylic acids is 1. The second-order valence-corrected chi connectivity index (χ2v) is 7.56. The van der Waals surface area contributed by atoms with Gasteiger partial charge in [0.05, 0.1) is 85.7 Å². The highest BCUT2D eigenvalue weighted by Crippen LogP contribution is 2.07. The number of aliphatic carboxylic acids is 1. The van der Waals surface area contributed by atoms with Gasteiger partial charge in [0.1, 0.15) is 6.61 Å². The molecule has 0 unspecified atom stereocenters. The molecule has 0 amide bonds. The standard InChI is InChI=1S/C24H46O10/c1-2-3-4-5-6-7-8-24(27)34-22-21-33-20-19-32-18-17-31-16-15-30-14-13-29-12-11-28-10-9-23(25)26/h2-22H2,1H3,(H,25,26). The lowest BCUT2D eigenvalue weighted by molar-refractivity contribution is -0.145. The zero-order valence-corrected chi connectivity index (χ0v) is 21.0. The van der Waals surface area contributed by atoms with Crippen molar-refractivity contribution in [3.8, 4) is 0 Å². The molecule has 0 aliphatic rings. The number of carboxylic acid groups (broad SMARTS) is 1. The summed E-state index contributed by atoms with van der Waals surface area (Å²) in [7, 11) is 0. The Hall–Kier alpha value is -1.30. The number of hydrogen-bond donors (Lipinski definition) is 1. The summed E-state index contributed by atoms with van der Waals surface area (Å²) in [5.41, 5.74) is 0. The van der Waals surface area contributed by atoms with Gasteiger partial charge in [0.2, 0.25) is 0 Å².